The lowest BCUT2D eigenvalue weighted by molar-refractivity contribution is -0.161. The molecule has 49 heavy (non-hydrogen) atoms. The van der Waals surface area contributed by atoms with Gasteiger partial charge in [0.2, 0.25) is 0 Å². The first kappa shape index (κ1) is 47.0. The summed E-state index contributed by atoms with van der Waals surface area (Å²) in [4.78, 5) is 42.7. The molecule has 0 aromatic rings. The summed E-state index contributed by atoms with van der Waals surface area (Å²) in [6.07, 6.45) is 38.2. The van der Waals surface area contributed by atoms with Crippen molar-refractivity contribution in [2.24, 2.45) is 0 Å². The van der Waals surface area contributed by atoms with E-state index in [4.69, 9.17) is 19.3 Å². The van der Waals surface area contributed by atoms with Crippen molar-refractivity contribution < 1.29 is 43.0 Å². The second kappa shape index (κ2) is 34.4. The molecule has 0 amide bonds. The van der Waals surface area contributed by atoms with Crippen LogP contribution in [0.1, 0.15) is 162 Å². The van der Waals surface area contributed by atoms with Gasteiger partial charge in [0.05, 0.1) is 12.7 Å². The van der Waals surface area contributed by atoms with Crippen LogP contribution in [0.15, 0.2) is 48.6 Å². The number of carbonyl (C=O) groups is 2. The fourth-order valence-electron chi connectivity index (χ4n) is 5.03. The number of rotatable bonds is 34. The Balaban J connectivity index is 4.06. The maximum atomic E-state index is 12.3. The SMILES string of the molecule is CCCCCCCCCCCCCCCC(=O)O[C@H](COC(=O)CCC/C=C\C/C=C\C/C=C\C/C=C\CCC[C@@H](C)O)COP(=O)(O)O. The van der Waals surface area contributed by atoms with Crippen LogP contribution in [0.2, 0.25) is 0 Å². The topological polar surface area (TPSA) is 140 Å². The van der Waals surface area contributed by atoms with Gasteiger partial charge in [0, 0.05) is 12.8 Å². The van der Waals surface area contributed by atoms with Crippen molar-refractivity contribution in [1.29, 1.82) is 0 Å². The molecule has 0 aromatic heterocycles. The van der Waals surface area contributed by atoms with Crippen LogP contribution in [-0.2, 0) is 28.2 Å². The van der Waals surface area contributed by atoms with Crippen LogP contribution in [-0.4, -0.2) is 52.3 Å². The van der Waals surface area contributed by atoms with Crippen LogP contribution in [0.5, 0.6) is 0 Å². The van der Waals surface area contributed by atoms with Gasteiger partial charge in [0.25, 0.3) is 0 Å². The van der Waals surface area contributed by atoms with E-state index in [0.717, 1.165) is 57.8 Å². The summed E-state index contributed by atoms with van der Waals surface area (Å²) < 4.78 is 26.2. The van der Waals surface area contributed by atoms with Gasteiger partial charge in [0.15, 0.2) is 6.10 Å². The normalized spacial score (nSPS) is 13.7. The molecule has 10 heteroatoms. The number of hydrogen-bond donors (Lipinski definition) is 3. The number of phosphoric ester groups is 1. The zero-order chi connectivity index (χ0) is 36.3. The number of esters is 2. The first-order valence-corrected chi connectivity index (χ1v) is 20.5. The van der Waals surface area contributed by atoms with E-state index in [1.165, 1.54) is 57.8 Å². The summed E-state index contributed by atoms with van der Waals surface area (Å²) in [5.41, 5.74) is 0. The van der Waals surface area contributed by atoms with E-state index in [2.05, 4.69) is 47.9 Å². The predicted molar refractivity (Wildman–Crippen MR) is 199 cm³/mol. The number of ether oxygens (including phenoxy) is 2. The van der Waals surface area contributed by atoms with Crippen LogP contribution in [0.3, 0.4) is 0 Å². The molecule has 9 nitrogen and oxygen atoms in total. The fourth-order valence-corrected chi connectivity index (χ4v) is 5.39. The first-order chi connectivity index (χ1) is 23.6. The molecular weight excluding hydrogens is 643 g/mol. The zero-order valence-electron chi connectivity index (χ0n) is 30.7. The minimum Gasteiger partial charge on any atom is -0.462 e. The van der Waals surface area contributed by atoms with Gasteiger partial charge in [-0.15, -0.1) is 0 Å². The summed E-state index contributed by atoms with van der Waals surface area (Å²) in [6, 6.07) is 0. The lowest BCUT2D eigenvalue weighted by atomic mass is 10.0. The summed E-state index contributed by atoms with van der Waals surface area (Å²) in [5.74, 6) is -0.967. The summed E-state index contributed by atoms with van der Waals surface area (Å²) >= 11 is 0. The molecule has 0 aliphatic heterocycles. The second-order valence-corrected chi connectivity index (χ2v) is 14.1. The number of allylic oxidation sites excluding steroid dienone is 8. The van der Waals surface area contributed by atoms with E-state index < -0.39 is 32.5 Å². The lowest BCUT2D eigenvalue weighted by Gasteiger charge is -2.18. The second-order valence-electron chi connectivity index (χ2n) is 12.8. The van der Waals surface area contributed by atoms with Crippen LogP contribution >= 0.6 is 7.82 Å². The van der Waals surface area contributed by atoms with Crippen molar-refractivity contribution in [3.63, 3.8) is 0 Å². The van der Waals surface area contributed by atoms with Crippen molar-refractivity contribution in [3.05, 3.63) is 48.6 Å². The maximum absolute atomic E-state index is 12.3. The number of phosphoric acid groups is 1. The quantitative estimate of drug-likeness (QED) is 0.0257. The minimum atomic E-state index is -4.77. The summed E-state index contributed by atoms with van der Waals surface area (Å²) in [7, 11) is -4.77. The van der Waals surface area contributed by atoms with Gasteiger partial charge in [-0.3, -0.25) is 14.1 Å². The average Bonchev–Trinajstić information content (AvgIpc) is 3.05. The smallest absolute Gasteiger partial charge is 0.462 e. The minimum absolute atomic E-state index is 0.180. The van der Waals surface area contributed by atoms with E-state index in [9.17, 15) is 19.3 Å². The highest BCUT2D eigenvalue weighted by Gasteiger charge is 2.22. The van der Waals surface area contributed by atoms with Gasteiger partial charge in [-0.05, 0) is 64.7 Å². The molecule has 0 aromatic carbocycles. The molecule has 0 aliphatic carbocycles. The van der Waals surface area contributed by atoms with Crippen molar-refractivity contribution in [2.45, 2.75) is 174 Å². The molecular formula is C39H69O9P. The third-order valence-electron chi connectivity index (χ3n) is 7.87. The average molecular weight is 713 g/mol. The Morgan fingerprint density at radius 3 is 1.55 bits per heavy atom. The molecule has 2 atom stereocenters. The molecule has 0 bridgehead atoms. The largest absolute Gasteiger partial charge is 0.469 e. The number of hydrogen-bond acceptors (Lipinski definition) is 7. The number of unbranched alkanes of at least 4 members (excludes halogenated alkanes) is 14. The Labute approximate surface area is 297 Å². The zero-order valence-corrected chi connectivity index (χ0v) is 31.6. The number of aliphatic hydroxyl groups is 1. The van der Waals surface area contributed by atoms with Gasteiger partial charge in [-0.25, -0.2) is 4.57 Å². The highest BCUT2D eigenvalue weighted by molar-refractivity contribution is 7.46. The number of aliphatic hydroxyl groups excluding tert-OH is 1. The van der Waals surface area contributed by atoms with Crippen LogP contribution in [0.25, 0.3) is 0 Å². The molecule has 284 valence electrons. The Kier molecular flexibility index (Phi) is 33.0. The third kappa shape index (κ3) is 38.6. The molecule has 0 rings (SSSR count). The fraction of sp³-hybridized carbons (Fsp3) is 0.744. The van der Waals surface area contributed by atoms with Gasteiger partial charge < -0.3 is 24.4 Å². The Hall–Kier alpha value is -2.03. The molecule has 0 radical (unpaired) electrons. The van der Waals surface area contributed by atoms with Gasteiger partial charge >= 0.3 is 19.8 Å². The van der Waals surface area contributed by atoms with Crippen LogP contribution in [0.4, 0.5) is 0 Å². The molecule has 3 N–H and O–H groups in total. The van der Waals surface area contributed by atoms with Crippen molar-refractivity contribution in [1.82, 2.24) is 0 Å². The van der Waals surface area contributed by atoms with Crippen molar-refractivity contribution in [2.75, 3.05) is 13.2 Å². The Morgan fingerprint density at radius 2 is 1.06 bits per heavy atom. The van der Waals surface area contributed by atoms with Gasteiger partial charge in [0.1, 0.15) is 6.61 Å². The lowest BCUT2D eigenvalue weighted by Crippen LogP contribution is -2.29. The summed E-state index contributed by atoms with van der Waals surface area (Å²) in [6.45, 7) is 3.17. The first-order valence-electron chi connectivity index (χ1n) is 19.0. The van der Waals surface area contributed by atoms with Gasteiger partial charge in [-0.2, -0.15) is 0 Å². The van der Waals surface area contributed by atoms with Gasteiger partial charge in [-0.1, -0.05) is 133 Å². The van der Waals surface area contributed by atoms with E-state index in [1.807, 2.05) is 19.1 Å². The summed E-state index contributed by atoms with van der Waals surface area (Å²) in [5, 5.41) is 9.24. The highest BCUT2D eigenvalue weighted by Crippen LogP contribution is 2.36. The van der Waals surface area contributed by atoms with E-state index in [1.54, 1.807) is 0 Å². The molecule has 0 saturated heterocycles. The number of carbonyl (C=O) groups excluding carboxylic acids is 2. The van der Waals surface area contributed by atoms with E-state index in [0.29, 0.717) is 19.3 Å². The third-order valence-corrected chi connectivity index (χ3v) is 8.35. The van der Waals surface area contributed by atoms with E-state index in [-0.39, 0.29) is 25.6 Å². The van der Waals surface area contributed by atoms with Crippen molar-refractivity contribution >= 4 is 19.8 Å². The Bertz CT molecular complexity index is 952. The monoisotopic (exact) mass is 712 g/mol. The Morgan fingerprint density at radius 1 is 0.612 bits per heavy atom. The molecule has 0 unspecified atom stereocenters. The molecule has 0 spiro atoms. The molecule has 0 heterocycles. The molecule has 0 saturated carbocycles. The van der Waals surface area contributed by atoms with Crippen molar-refractivity contribution in [3.8, 4) is 0 Å². The molecule has 0 fully saturated rings. The maximum Gasteiger partial charge on any atom is 0.469 e. The predicted octanol–water partition coefficient (Wildman–Crippen LogP) is 10.1. The molecule has 0 aliphatic rings. The van der Waals surface area contributed by atoms with Crippen LogP contribution < -0.4 is 0 Å². The van der Waals surface area contributed by atoms with Crippen LogP contribution in [0, 0.1) is 0 Å². The highest BCUT2D eigenvalue weighted by atomic mass is 31.2. The standard InChI is InChI=1S/C39H69O9P/c1-3-4-5-6-7-8-9-13-18-21-24-27-30-33-39(42)48-37(35-47-49(43,44)45)34-46-38(41)32-29-26-23-20-17-15-12-10-11-14-16-19-22-25-28-31-36(2)40/h11-12,14-15,19-20,22-23,36-37,40H,3-10,13,16-18,21,24-35H2,1-2H3,(H2,43,44,45)/b14-11-,15-12-,22-19-,23-20-/t36-,37-/m1/s1. The van der Waals surface area contributed by atoms with E-state index >= 15 is 0 Å².